The van der Waals surface area contributed by atoms with Gasteiger partial charge < -0.3 is 15.5 Å². The number of likely N-dealkylation sites (N-methyl/N-ethyl adjacent to an activating group) is 1. The summed E-state index contributed by atoms with van der Waals surface area (Å²) in [6.07, 6.45) is 0. The van der Waals surface area contributed by atoms with Gasteiger partial charge in [-0.15, -0.1) is 0 Å². The Labute approximate surface area is 174 Å². The number of halogens is 2. The minimum Gasteiger partial charge on any atom is -0.308 e. The van der Waals surface area contributed by atoms with Crippen LogP contribution in [0.15, 0.2) is 42.5 Å². The highest BCUT2D eigenvalue weighted by Crippen LogP contribution is 2.25. The van der Waals surface area contributed by atoms with Crippen LogP contribution in [-0.4, -0.2) is 61.4 Å². The molecule has 6 nitrogen and oxygen atoms in total. The molecule has 0 radical (unpaired) electrons. The summed E-state index contributed by atoms with van der Waals surface area (Å²) in [6, 6.07) is 11.3. The number of piperazine rings is 1. The van der Waals surface area contributed by atoms with Gasteiger partial charge in [-0.3, -0.25) is 9.69 Å². The summed E-state index contributed by atoms with van der Waals surface area (Å²) in [6.45, 7) is 4.07. The number of ketones is 1. The molecule has 28 heavy (non-hydrogen) atoms. The zero-order valence-corrected chi connectivity index (χ0v) is 17.1. The molecule has 1 saturated heterocycles. The summed E-state index contributed by atoms with van der Waals surface area (Å²) >= 11 is 11.8. The first-order chi connectivity index (χ1) is 13.4. The Morgan fingerprint density at radius 1 is 0.929 bits per heavy atom. The molecule has 2 aromatic rings. The van der Waals surface area contributed by atoms with Gasteiger partial charge in [0.1, 0.15) is 0 Å². The van der Waals surface area contributed by atoms with Gasteiger partial charge in [0.2, 0.25) is 0 Å². The highest BCUT2D eigenvalue weighted by atomic mass is 35.5. The lowest BCUT2D eigenvalue weighted by molar-refractivity contribution is 0.0876. The third kappa shape index (κ3) is 5.69. The number of nitrogens with zero attached hydrogens (tertiary/aromatic N) is 2. The van der Waals surface area contributed by atoms with Gasteiger partial charge in [-0.05, 0) is 37.4 Å². The average molecular weight is 421 g/mol. The van der Waals surface area contributed by atoms with Crippen molar-refractivity contribution in [2.45, 2.75) is 0 Å². The Morgan fingerprint density at radius 2 is 1.61 bits per heavy atom. The predicted molar refractivity (Wildman–Crippen MR) is 114 cm³/mol. The minimum atomic E-state index is -0.429. The van der Waals surface area contributed by atoms with Crippen LogP contribution < -0.4 is 10.6 Å². The number of hydrogen-bond donors (Lipinski definition) is 2. The van der Waals surface area contributed by atoms with Crippen LogP contribution in [0, 0.1) is 0 Å². The molecule has 0 aliphatic carbocycles. The lowest BCUT2D eigenvalue weighted by atomic mass is 10.1. The van der Waals surface area contributed by atoms with E-state index in [9.17, 15) is 9.59 Å². The number of hydrogen-bond acceptors (Lipinski definition) is 4. The number of benzene rings is 2. The van der Waals surface area contributed by atoms with Crippen molar-refractivity contribution in [2.24, 2.45) is 0 Å². The highest BCUT2D eigenvalue weighted by molar-refractivity contribution is 6.42. The largest absolute Gasteiger partial charge is 0.323 e. The fraction of sp³-hybridized carbons (Fsp3) is 0.300. The second-order valence-electron chi connectivity index (χ2n) is 6.79. The van der Waals surface area contributed by atoms with Crippen LogP contribution >= 0.6 is 23.2 Å². The smallest absolute Gasteiger partial charge is 0.308 e. The molecule has 1 fully saturated rings. The van der Waals surface area contributed by atoms with Gasteiger partial charge in [0.25, 0.3) is 0 Å². The minimum absolute atomic E-state index is 0.0399. The molecule has 0 unspecified atom stereocenters. The van der Waals surface area contributed by atoms with Crippen LogP contribution in [0.25, 0.3) is 0 Å². The van der Waals surface area contributed by atoms with Crippen molar-refractivity contribution in [3.63, 3.8) is 0 Å². The van der Waals surface area contributed by atoms with Crippen molar-refractivity contribution in [1.29, 1.82) is 0 Å². The zero-order valence-electron chi connectivity index (χ0n) is 15.5. The summed E-state index contributed by atoms with van der Waals surface area (Å²) in [4.78, 5) is 29.2. The fourth-order valence-corrected chi connectivity index (χ4v) is 3.24. The Morgan fingerprint density at radius 3 is 2.29 bits per heavy atom. The number of urea groups is 1. The molecule has 1 heterocycles. The molecule has 2 amide bonds. The summed E-state index contributed by atoms with van der Waals surface area (Å²) in [5.74, 6) is 0.0399. The van der Waals surface area contributed by atoms with E-state index in [1.54, 1.807) is 42.5 Å². The van der Waals surface area contributed by atoms with Crippen LogP contribution in [-0.2, 0) is 0 Å². The quantitative estimate of drug-likeness (QED) is 0.715. The van der Waals surface area contributed by atoms with Crippen LogP contribution in [0.3, 0.4) is 0 Å². The van der Waals surface area contributed by atoms with Crippen molar-refractivity contribution in [3.8, 4) is 0 Å². The summed E-state index contributed by atoms with van der Waals surface area (Å²) < 4.78 is 0. The van der Waals surface area contributed by atoms with Gasteiger partial charge in [-0.2, -0.15) is 0 Å². The average Bonchev–Trinajstić information content (AvgIpc) is 2.66. The van der Waals surface area contributed by atoms with E-state index in [-0.39, 0.29) is 5.78 Å². The normalized spacial score (nSPS) is 15.2. The molecule has 0 spiro atoms. The van der Waals surface area contributed by atoms with E-state index in [0.717, 1.165) is 26.2 Å². The van der Waals surface area contributed by atoms with Crippen molar-refractivity contribution in [2.75, 3.05) is 50.4 Å². The van der Waals surface area contributed by atoms with Gasteiger partial charge >= 0.3 is 6.03 Å². The highest BCUT2D eigenvalue weighted by Gasteiger charge is 2.17. The van der Waals surface area contributed by atoms with Gasteiger partial charge in [-0.1, -0.05) is 35.3 Å². The van der Waals surface area contributed by atoms with E-state index in [2.05, 4.69) is 27.5 Å². The van der Waals surface area contributed by atoms with E-state index in [1.165, 1.54) is 0 Å². The molecular weight excluding hydrogens is 399 g/mol. The topological polar surface area (TPSA) is 64.7 Å². The SMILES string of the molecule is CN1CCN(CC(=O)c2cccc(NC(=O)Nc3ccc(Cl)c(Cl)c3)c2)CC1. The second-order valence-corrected chi connectivity index (χ2v) is 7.61. The standard InChI is InChI=1S/C20H22Cl2N4O2/c1-25-7-9-26(10-8-25)13-19(27)14-3-2-4-15(11-14)23-20(28)24-16-5-6-17(21)18(22)12-16/h2-6,11-12H,7-10,13H2,1H3,(H2,23,24,28). The first kappa shape index (κ1) is 20.6. The Bertz CT molecular complexity index is 867. The molecule has 1 aliphatic rings. The first-order valence-corrected chi connectivity index (χ1v) is 9.73. The second kappa shape index (κ2) is 9.39. The third-order valence-corrected chi connectivity index (χ3v) is 5.32. The van der Waals surface area contributed by atoms with Gasteiger partial charge in [-0.25, -0.2) is 4.79 Å². The molecule has 2 N–H and O–H groups in total. The number of rotatable bonds is 5. The van der Waals surface area contributed by atoms with E-state index in [0.29, 0.717) is 33.5 Å². The molecule has 3 rings (SSSR count). The van der Waals surface area contributed by atoms with Gasteiger partial charge in [0.05, 0.1) is 16.6 Å². The Kier molecular flexibility index (Phi) is 6.91. The predicted octanol–water partition coefficient (Wildman–Crippen LogP) is 4.07. The molecular formula is C20H22Cl2N4O2. The number of carbonyl (C=O) groups excluding carboxylic acids is 2. The Hall–Kier alpha value is -2.12. The van der Waals surface area contributed by atoms with Crippen molar-refractivity contribution in [3.05, 3.63) is 58.1 Å². The number of nitrogens with one attached hydrogen (secondary N) is 2. The molecule has 1 aliphatic heterocycles. The molecule has 0 bridgehead atoms. The first-order valence-electron chi connectivity index (χ1n) is 8.98. The van der Waals surface area contributed by atoms with Crippen molar-refractivity contribution in [1.82, 2.24) is 9.80 Å². The number of carbonyl (C=O) groups is 2. The maximum absolute atomic E-state index is 12.6. The summed E-state index contributed by atoms with van der Waals surface area (Å²) in [5, 5.41) is 6.19. The lowest BCUT2D eigenvalue weighted by Crippen LogP contribution is -2.46. The van der Waals surface area contributed by atoms with E-state index < -0.39 is 6.03 Å². The van der Waals surface area contributed by atoms with E-state index in [1.807, 2.05) is 0 Å². The van der Waals surface area contributed by atoms with Crippen LogP contribution in [0.5, 0.6) is 0 Å². The fourth-order valence-electron chi connectivity index (χ4n) is 2.94. The molecule has 2 aromatic carbocycles. The maximum Gasteiger partial charge on any atom is 0.323 e. The molecule has 0 aromatic heterocycles. The zero-order chi connectivity index (χ0) is 20.1. The van der Waals surface area contributed by atoms with Crippen molar-refractivity contribution >= 4 is 46.4 Å². The number of Topliss-reactive ketones (excluding diaryl/α,β-unsaturated/α-hetero) is 1. The molecule has 0 atom stereocenters. The van der Waals surface area contributed by atoms with Crippen LogP contribution in [0.4, 0.5) is 16.2 Å². The lowest BCUT2D eigenvalue weighted by Gasteiger charge is -2.31. The summed E-state index contributed by atoms with van der Waals surface area (Å²) in [7, 11) is 2.08. The monoisotopic (exact) mass is 420 g/mol. The number of amides is 2. The van der Waals surface area contributed by atoms with Gasteiger partial charge in [0, 0.05) is 43.1 Å². The third-order valence-electron chi connectivity index (χ3n) is 4.58. The maximum atomic E-state index is 12.6. The van der Waals surface area contributed by atoms with Crippen LogP contribution in [0.2, 0.25) is 10.0 Å². The summed E-state index contributed by atoms with van der Waals surface area (Å²) in [5.41, 5.74) is 1.64. The Balaban J connectivity index is 1.58. The molecule has 0 saturated carbocycles. The van der Waals surface area contributed by atoms with Gasteiger partial charge in [0.15, 0.2) is 5.78 Å². The van der Waals surface area contributed by atoms with E-state index >= 15 is 0 Å². The molecule has 8 heteroatoms. The van der Waals surface area contributed by atoms with E-state index in [4.69, 9.17) is 23.2 Å². The van der Waals surface area contributed by atoms with Crippen LogP contribution in [0.1, 0.15) is 10.4 Å². The van der Waals surface area contributed by atoms with Crippen molar-refractivity contribution < 1.29 is 9.59 Å². The number of anilines is 2. The molecule has 148 valence electrons.